The normalized spacial score (nSPS) is 10.7. The number of anilines is 1. The van der Waals surface area contributed by atoms with E-state index in [1.165, 1.54) is 24.1 Å². The van der Waals surface area contributed by atoms with E-state index in [4.69, 9.17) is 11.6 Å². The average Bonchev–Trinajstić information content (AvgIpc) is 2.76. The van der Waals surface area contributed by atoms with Gasteiger partial charge >= 0.3 is 0 Å². The predicted octanol–water partition coefficient (Wildman–Crippen LogP) is 8.19. The summed E-state index contributed by atoms with van der Waals surface area (Å²) < 4.78 is 32.7. The molecule has 2 aromatic carbocycles. The summed E-state index contributed by atoms with van der Waals surface area (Å²) in [6.07, 6.45) is 2.68. The number of hydrogen-bond acceptors (Lipinski definition) is 3. The molecule has 0 saturated heterocycles. The van der Waals surface area contributed by atoms with Gasteiger partial charge in [-0.05, 0) is 60.4 Å². The molecule has 0 radical (unpaired) electrons. The van der Waals surface area contributed by atoms with Gasteiger partial charge in [-0.2, -0.15) is 0 Å². The van der Waals surface area contributed by atoms with Gasteiger partial charge < -0.3 is 4.72 Å². The third-order valence-corrected chi connectivity index (χ3v) is 6.06. The first kappa shape index (κ1) is 23.0. The number of aromatic nitrogens is 1. The highest BCUT2D eigenvalue weighted by Gasteiger charge is 2.20. The zero-order valence-electron chi connectivity index (χ0n) is 17.4. The molecule has 0 aliphatic carbocycles. The van der Waals surface area contributed by atoms with Gasteiger partial charge in [0.1, 0.15) is 5.82 Å². The van der Waals surface area contributed by atoms with Gasteiger partial charge in [0, 0.05) is 33.8 Å². The number of nitrogens with one attached hydrogen (secondary N) is 1. The van der Waals surface area contributed by atoms with E-state index < -0.39 is 11.6 Å². The number of aryl methyl sites for hydroxylation is 1. The summed E-state index contributed by atoms with van der Waals surface area (Å²) in [5, 5.41) is 0.637. The molecule has 0 aliphatic rings. The molecule has 0 amide bonds. The average molecular weight is 457 g/mol. The lowest BCUT2D eigenvalue weighted by molar-refractivity contribution is 0.581. The predicted molar refractivity (Wildman–Crippen MR) is 130 cm³/mol. The number of allylic oxidation sites excluding steroid dienone is 2. The number of pyridine rings is 1. The fourth-order valence-electron chi connectivity index (χ4n) is 3.09. The van der Waals surface area contributed by atoms with Gasteiger partial charge in [-0.25, -0.2) is 8.78 Å². The maximum atomic E-state index is 15.1. The highest BCUT2D eigenvalue weighted by molar-refractivity contribution is 8.00. The number of halogens is 3. The van der Waals surface area contributed by atoms with Gasteiger partial charge in [-0.3, -0.25) is 4.98 Å². The van der Waals surface area contributed by atoms with Gasteiger partial charge in [-0.15, -0.1) is 0 Å². The van der Waals surface area contributed by atoms with E-state index in [1.54, 1.807) is 18.3 Å². The zero-order chi connectivity index (χ0) is 22.5. The minimum atomic E-state index is -0.686. The maximum absolute atomic E-state index is 15.1. The Morgan fingerprint density at radius 1 is 1.06 bits per heavy atom. The topological polar surface area (TPSA) is 24.9 Å². The third kappa shape index (κ3) is 5.17. The van der Waals surface area contributed by atoms with Crippen LogP contribution in [-0.4, -0.2) is 10.7 Å². The lowest BCUT2D eigenvalue weighted by atomic mass is 9.91. The number of benzene rings is 2. The Hall–Kier alpha value is -2.63. The Labute approximate surface area is 191 Å². The van der Waals surface area contributed by atoms with Crippen LogP contribution in [0.2, 0.25) is 5.02 Å². The monoisotopic (exact) mass is 456 g/mol. The molecule has 0 saturated carbocycles. The van der Waals surface area contributed by atoms with Crippen molar-refractivity contribution in [1.82, 2.24) is 4.98 Å². The number of hydrogen-bond donors (Lipinski definition) is 1. The van der Waals surface area contributed by atoms with Crippen molar-refractivity contribution in [2.75, 3.05) is 10.5 Å². The van der Waals surface area contributed by atoms with Crippen LogP contribution in [0.3, 0.4) is 0 Å². The number of nitrogens with zero attached hydrogens (tertiary/aromatic N) is 1. The molecule has 1 N–H and O–H groups in total. The summed E-state index contributed by atoms with van der Waals surface area (Å²) in [5.41, 5.74) is 3.75. The third-order valence-electron chi connectivity index (χ3n) is 4.84. The molecule has 2 nitrogen and oxygen atoms in total. The van der Waals surface area contributed by atoms with Crippen molar-refractivity contribution in [1.29, 1.82) is 0 Å². The summed E-state index contributed by atoms with van der Waals surface area (Å²) in [7, 11) is 0. The Morgan fingerprint density at radius 3 is 2.45 bits per heavy atom. The van der Waals surface area contributed by atoms with Gasteiger partial charge in [-0.1, -0.05) is 55.8 Å². The van der Waals surface area contributed by atoms with E-state index in [2.05, 4.69) is 22.9 Å². The van der Waals surface area contributed by atoms with Crippen LogP contribution in [0.5, 0.6) is 0 Å². The first-order chi connectivity index (χ1) is 14.8. The Bertz CT molecular complexity index is 1130. The molecule has 0 fully saturated rings. The van der Waals surface area contributed by atoms with Gasteiger partial charge in [0.2, 0.25) is 0 Å². The lowest BCUT2D eigenvalue weighted by Gasteiger charge is -2.16. The Balaban J connectivity index is 1.96. The largest absolute Gasteiger partial charge is 0.327 e. The molecule has 160 valence electrons. The van der Waals surface area contributed by atoms with E-state index in [-0.39, 0.29) is 16.8 Å². The lowest BCUT2D eigenvalue weighted by Crippen LogP contribution is -2.02. The molecule has 6 heteroatoms. The molecule has 0 spiro atoms. The van der Waals surface area contributed by atoms with Crippen LogP contribution in [-0.2, 0) is 0 Å². The molecule has 1 heterocycles. The first-order valence-electron chi connectivity index (χ1n) is 9.80. The molecule has 3 aromatic rings. The van der Waals surface area contributed by atoms with Gasteiger partial charge in [0.15, 0.2) is 5.82 Å². The van der Waals surface area contributed by atoms with Crippen LogP contribution in [0.15, 0.2) is 61.8 Å². The smallest absolute Gasteiger partial charge is 0.157 e. The summed E-state index contributed by atoms with van der Waals surface area (Å²) in [6.45, 7) is 11.9. The second kappa shape index (κ2) is 10.1. The van der Waals surface area contributed by atoms with E-state index in [0.29, 0.717) is 21.9 Å². The maximum Gasteiger partial charge on any atom is 0.157 e. The molecular formula is C25H23ClF2N2S. The highest BCUT2D eigenvalue weighted by atomic mass is 35.5. The quantitative estimate of drug-likeness (QED) is 0.210. The SMILES string of the molecule is C=C(C(=C)c1c(F)ccc(NSCCC)c1F)c1cc(-c2ccc(Cl)cc2)cnc1C. The zero-order valence-corrected chi connectivity index (χ0v) is 19.0. The van der Waals surface area contributed by atoms with Crippen molar-refractivity contribution in [3.05, 3.63) is 95.3 Å². The van der Waals surface area contributed by atoms with E-state index in [0.717, 1.165) is 23.3 Å². The van der Waals surface area contributed by atoms with E-state index >= 15 is 4.39 Å². The van der Waals surface area contributed by atoms with Crippen LogP contribution in [0.1, 0.15) is 30.2 Å². The molecule has 0 aliphatic heterocycles. The molecule has 1 aromatic heterocycles. The molecular weight excluding hydrogens is 434 g/mol. The van der Waals surface area contributed by atoms with Crippen molar-refractivity contribution in [2.45, 2.75) is 20.3 Å². The van der Waals surface area contributed by atoms with Crippen LogP contribution in [0.25, 0.3) is 22.3 Å². The van der Waals surface area contributed by atoms with E-state index in [9.17, 15) is 4.39 Å². The van der Waals surface area contributed by atoms with Crippen molar-refractivity contribution >= 4 is 40.4 Å². The standard InChI is InChI=1S/C25H23ClF2N2S/c1-5-12-31-30-23-11-10-22(27)24(25(23)28)16(3)15(2)21-13-19(14-29-17(21)4)18-6-8-20(26)9-7-18/h6-11,13-14,30H,2-3,5,12H2,1,4H3. The van der Waals surface area contributed by atoms with E-state index in [1.807, 2.05) is 32.0 Å². The van der Waals surface area contributed by atoms with Crippen LogP contribution in [0.4, 0.5) is 14.5 Å². The summed E-state index contributed by atoms with van der Waals surface area (Å²) in [5.74, 6) is -0.564. The molecule has 3 rings (SSSR count). The molecule has 0 bridgehead atoms. The summed E-state index contributed by atoms with van der Waals surface area (Å²) in [4.78, 5) is 4.45. The summed E-state index contributed by atoms with van der Waals surface area (Å²) >= 11 is 7.35. The van der Waals surface area contributed by atoms with Crippen molar-refractivity contribution < 1.29 is 8.78 Å². The molecule has 0 unspecified atom stereocenters. The van der Waals surface area contributed by atoms with Crippen molar-refractivity contribution in [2.24, 2.45) is 0 Å². The van der Waals surface area contributed by atoms with Gasteiger partial charge in [0.05, 0.1) is 11.3 Å². The van der Waals surface area contributed by atoms with Crippen molar-refractivity contribution in [3.63, 3.8) is 0 Å². The van der Waals surface area contributed by atoms with Crippen molar-refractivity contribution in [3.8, 4) is 11.1 Å². The number of rotatable bonds is 8. The summed E-state index contributed by atoms with van der Waals surface area (Å²) in [6, 6.07) is 11.9. The van der Waals surface area contributed by atoms with Crippen LogP contribution in [0, 0.1) is 18.6 Å². The Morgan fingerprint density at radius 2 is 1.77 bits per heavy atom. The molecule has 31 heavy (non-hydrogen) atoms. The fourth-order valence-corrected chi connectivity index (χ4v) is 3.84. The Kier molecular flexibility index (Phi) is 7.52. The van der Waals surface area contributed by atoms with Crippen LogP contribution >= 0.6 is 23.5 Å². The second-order valence-electron chi connectivity index (χ2n) is 7.06. The highest BCUT2D eigenvalue weighted by Crippen LogP contribution is 2.36. The van der Waals surface area contributed by atoms with Gasteiger partial charge in [0.25, 0.3) is 0 Å². The second-order valence-corrected chi connectivity index (χ2v) is 8.39. The fraction of sp³-hybridized carbons (Fsp3) is 0.160. The first-order valence-corrected chi connectivity index (χ1v) is 11.2. The minimum absolute atomic E-state index is 0.178. The molecule has 0 atom stereocenters. The minimum Gasteiger partial charge on any atom is -0.327 e. The van der Waals surface area contributed by atoms with Crippen LogP contribution < -0.4 is 4.72 Å².